The number of nitrogens with one attached hydrogen (secondary N) is 1. The Hall–Kier alpha value is -0.650. The molecule has 2 rings (SSSR count). The molecule has 2 atom stereocenters. The van der Waals surface area contributed by atoms with Crippen molar-refractivity contribution in [1.82, 2.24) is 5.32 Å². The van der Waals surface area contributed by atoms with Crippen molar-refractivity contribution < 1.29 is 19.4 Å². The molecule has 5 nitrogen and oxygen atoms in total. The summed E-state index contributed by atoms with van der Waals surface area (Å²) in [6.07, 6.45) is 3.20. The Morgan fingerprint density at radius 3 is 2.59 bits per heavy atom. The van der Waals surface area contributed by atoms with Crippen LogP contribution in [0.3, 0.4) is 0 Å². The lowest BCUT2D eigenvalue weighted by atomic mass is 10.0. The maximum absolute atomic E-state index is 10.7. The van der Waals surface area contributed by atoms with Crippen molar-refractivity contribution in [2.24, 2.45) is 5.92 Å². The van der Waals surface area contributed by atoms with Crippen LogP contribution in [0, 0.1) is 5.92 Å². The smallest absolute Gasteiger partial charge is 0.332 e. The van der Waals surface area contributed by atoms with Crippen LogP contribution in [-0.2, 0) is 14.3 Å². The number of aliphatic carboxylic acids is 1. The van der Waals surface area contributed by atoms with Crippen LogP contribution >= 0.6 is 0 Å². The molecule has 0 aromatic rings. The van der Waals surface area contributed by atoms with Crippen LogP contribution in [-0.4, -0.2) is 49.6 Å². The topological polar surface area (TPSA) is 67.8 Å². The molecule has 98 valence electrons. The molecule has 2 saturated heterocycles. The number of carboxylic acid groups (broad SMARTS) is 1. The largest absolute Gasteiger partial charge is 0.479 e. The fraction of sp³-hybridized carbons (Fsp3) is 0.917. The van der Waals surface area contributed by atoms with Crippen molar-refractivity contribution in [3.05, 3.63) is 0 Å². The number of carboxylic acids is 1. The van der Waals surface area contributed by atoms with E-state index in [4.69, 9.17) is 14.6 Å². The molecule has 2 N–H and O–H groups in total. The lowest BCUT2D eigenvalue weighted by Gasteiger charge is -2.23. The highest BCUT2D eigenvalue weighted by Crippen LogP contribution is 2.19. The van der Waals surface area contributed by atoms with Crippen LogP contribution in [0.25, 0.3) is 0 Å². The highest BCUT2D eigenvalue weighted by atomic mass is 16.5. The highest BCUT2D eigenvalue weighted by Gasteiger charge is 2.30. The molecule has 2 aliphatic rings. The molecule has 2 unspecified atom stereocenters. The normalized spacial score (nSPS) is 30.6. The number of rotatable bonds is 5. The minimum atomic E-state index is -0.836. The molecule has 0 aliphatic carbocycles. The molecule has 0 saturated carbocycles. The molecule has 0 bridgehead atoms. The van der Waals surface area contributed by atoms with Crippen LogP contribution in [0.5, 0.6) is 0 Å². The Morgan fingerprint density at radius 1 is 1.18 bits per heavy atom. The number of hydrogen-bond donors (Lipinski definition) is 2. The summed E-state index contributed by atoms with van der Waals surface area (Å²) in [7, 11) is 0. The average Bonchev–Trinajstić information content (AvgIpc) is 2.79. The van der Waals surface area contributed by atoms with Gasteiger partial charge in [-0.15, -0.1) is 0 Å². The van der Waals surface area contributed by atoms with Gasteiger partial charge in [0.25, 0.3) is 0 Å². The van der Waals surface area contributed by atoms with Crippen molar-refractivity contribution in [1.29, 1.82) is 0 Å². The van der Waals surface area contributed by atoms with Crippen molar-refractivity contribution in [2.75, 3.05) is 26.3 Å². The lowest BCUT2D eigenvalue weighted by Crippen LogP contribution is -2.33. The summed E-state index contributed by atoms with van der Waals surface area (Å²) in [6.45, 7) is 3.49. The van der Waals surface area contributed by atoms with E-state index in [1.54, 1.807) is 0 Å². The first-order valence-electron chi connectivity index (χ1n) is 6.42. The second-order valence-corrected chi connectivity index (χ2v) is 4.88. The Bertz CT molecular complexity index is 253. The minimum Gasteiger partial charge on any atom is -0.479 e. The molecule has 2 aliphatic heterocycles. The summed E-state index contributed by atoms with van der Waals surface area (Å²) in [6, 6.07) is 0. The summed E-state index contributed by atoms with van der Waals surface area (Å²) in [4.78, 5) is 10.7. The summed E-state index contributed by atoms with van der Waals surface area (Å²) in [5.74, 6) is -0.141. The van der Waals surface area contributed by atoms with Gasteiger partial charge in [0.15, 0.2) is 6.10 Å². The van der Waals surface area contributed by atoms with E-state index in [0.29, 0.717) is 12.3 Å². The van der Waals surface area contributed by atoms with Gasteiger partial charge in [-0.25, -0.2) is 4.79 Å². The van der Waals surface area contributed by atoms with E-state index in [2.05, 4.69) is 5.32 Å². The Kier molecular flexibility index (Phi) is 4.76. The Labute approximate surface area is 101 Å². The first-order valence-corrected chi connectivity index (χ1v) is 6.42. The first-order chi connectivity index (χ1) is 8.25. The van der Waals surface area contributed by atoms with Gasteiger partial charge in [0.1, 0.15) is 0 Å². The fourth-order valence-electron chi connectivity index (χ4n) is 2.44. The highest BCUT2D eigenvalue weighted by molar-refractivity contribution is 5.72. The predicted octanol–water partition coefficient (Wildman–Crippen LogP) is 0.635. The van der Waals surface area contributed by atoms with Crippen molar-refractivity contribution >= 4 is 5.97 Å². The molecular weight excluding hydrogens is 222 g/mol. The molecule has 0 amide bonds. The molecule has 0 aromatic carbocycles. The second kappa shape index (κ2) is 6.33. The molecule has 2 heterocycles. The van der Waals surface area contributed by atoms with Crippen molar-refractivity contribution in [3.63, 3.8) is 0 Å². The molecule has 0 aromatic heterocycles. The average molecular weight is 243 g/mol. The minimum absolute atomic E-state index is 0.0657. The quantitative estimate of drug-likeness (QED) is 0.741. The van der Waals surface area contributed by atoms with Gasteiger partial charge in [0, 0.05) is 19.8 Å². The van der Waals surface area contributed by atoms with E-state index in [1.807, 2.05) is 0 Å². The van der Waals surface area contributed by atoms with Crippen molar-refractivity contribution in [2.45, 2.75) is 37.9 Å². The third-order valence-electron chi connectivity index (χ3n) is 3.53. The molecular formula is C12H21NO4. The maximum Gasteiger partial charge on any atom is 0.332 e. The van der Waals surface area contributed by atoms with Crippen LogP contribution < -0.4 is 5.32 Å². The number of hydrogen-bond acceptors (Lipinski definition) is 4. The van der Waals surface area contributed by atoms with Crippen LogP contribution in [0.2, 0.25) is 0 Å². The van der Waals surface area contributed by atoms with E-state index in [0.717, 1.165) is 45.6 Å². The zero-order chi connectivity index (χ0) is 12.1. The van der Waals surface area contributed by atoms with E-state index in [9.17, 15) is 4.79 Å². The molecule has 17 heavy (non-hydrogen) atoms. The van der Waals surface area contributed by atoms with Gasteiger partial charge in [-0.1, -0.05) is 0 Å². The van der Waals surface area contributed by atoms with E-state index in [1.165, 1.54) is 0 Å². The predicted molar refractivity (Wildman–Crippen MR) is 61.9 cm³/mol. The lowest BCUT2D eigenvalue weighted by molar-refractivity contribution is -0.149. The van der Waals surface area contributed by atoms with Gasteiger partial charge in [-0.3, -0.25) is 0 Å². The van der Waals surface area contributed by atoms with Crippen LogP contribution in [0.1, 0.15) is 25.7 Å². The zero-order valence-electron chi connectivity index (χ0n) is 10.1. The number of ether oxygens (including phenoxy) is 2. The second-order valence-electron chi connectivity index (χ2n) is 4.88. The zero-order valence-corrected chi connectivity index (χ0v) is 10.1. The Morgan fingerprint density at radius 2 is 1.94 bits per heavy atom. The van der Waals surface area contributed by atoms with Gasteiger partial charge in [-0.2, -0.15) is 0 Å². The summed E-state index contributed by atoms with van der Waals surface area (Å²) < 4.78 is 10.7. The van der Waals surface area contributed by atoms with Gasteiger partial charge >= 0.3 is 5.97 Å². The van der Waals surface area contributed by atoms with E-state index >= 15 is 0 Å². The van der Waals surface area contributed by atoms with Crippen LogP contribution in [0.4, 0.5) is 0 Å². The molecule has 0 radical (unpaired) electrons. The maximum atomic E-state index is 10.7. The van der Waals surface area contributed by atoms with E-state index < -0.39 is 12.1 Å². The number of carbonyl (C=O) groups is 1. The third-order valence-corrected chi connectivity index (χ3v) is 3.53. The molecule has 5 heteroatoms. The SMILES string of the molecule is O=C(O)C1CCC(CNCC2CCOCC2)O1. The van der Waals surface area contributed by atoms with Gasteiger partial charge in [0.2, 0.25) is 0 Å². The summed E-state index contributed by atoms with van der Waals surface area (Å²) in [5.41, 5.74) is 0. The van der Waals surface area contributed by atoms with Crippen LogP contribution in [0.15, 0.2) is 0 Å². The Balaban J connectivity index is 1.58. The standard InChI is InChI=1S/C12H21NO4/c14-12(15)11-2-1-10(17-11)8-13-7-9-3-5-16-6-4-9/h9-11,13H,1-8H2,(H,14,15). The fourth-order valence-corrected chi connectivity index (χ4v) is 2.44. The molecule has 0 spiro atoms. The van der Waals surface area contributed by atoms with Gasteiger partial charge in [-0.05, 0) is 38.1 Å². The first kappa shape index (κ1) is 12.8. The monoisotopic (exact) mass is 243 g/mol. The summed E-state index contributed by atoms with van der Waals surface area (Å²) in [5, 5.41) is 12.2. The van der Waals surface area contributed by atoms with E-state index in [-0.39, 0.29) is 6.10 Å². The van der Waals surface area contributed by atoms with Gasteiger partial charge in [0.05, 0.1) is 6.10 Å². The summed E-state index contributed by atoms with van der Waals surface area (Å²) >= 11 is 0. The van der Waals surface area contributed by atoms with Crippen molar-refractivity contribution in [3.8, 4) is 0 Å². The van der Waals surface area contributed by atoms with Gasteiger partial charge < -0.3 is 19.9 Å². The third kappa shape index (κ3) is 3.94. The molecule has 2 fully saturated rings.